The zero-order valence-electron chi connectivity index (χ0n) is 12.7. The molecule has 1 N–H and O–H groups in total. The van der Waals surface area contributed by atoms with Gasteiger partial charge in [-0.3, -0.25) is 0 Å². The third-order valence-electron chi connectivity index (χ3n) is 2.93. The predicted molar refractivity (Wildman–Crippen MR) is 86.2 cm³/mol. The number of hydrogen-bond donors (Lipinski definition) is 1. The summed E-state index contributed by atoms with van der Waals surface area (Å²) in [7, 11) is 0. The lowest BCUT2D eigenvalue weighted by molar-refractivity contribution is 0.305. The van der Waals surface area contributed by atoms with E-state index in [2.05, 4.69) is 19.2 Å². The summed E-state index contributed by atoms with van der Waals surface area (Å²) >= 11 is 0. The Balaban J connectivity index is 1.81. The largest absolute Gasteiger partial charge is 0.493 e. The Kier molecular flexibility index (Phi) is 6.10. The van der Waals surface area contributed by atoms with Crippen molar-refractivity contribution in [1.82, 2.24) is 5.32 Å². The van der Waals surface area contributed by atoms with Crippen LogP contribution in [0.3, 0.4) is 0 Å². The summed E-state index contributed by atoms with van der Waals surface area (Å²) in [6.45, 7) is 5.96. The number of rotatable bonds is 8. The molecule has 0 radical (unpaired) electrons. The Morgan fingerprint density at radius 2 is 1.62 bits per heavy atom. The predicted octanol–water partition coefficient (Wildman–Crippen LogP) is 4.25. The topological polar surface area (TPSA) is 30.5 Å². The van der Waals surface area contributed by atoms with Crippen LogP contribution in [-0.2, 0) is 0 Å². The molecule has 2 aromatic rings. The zero-order chi connectivity index (χ0) is 14.9. The quantitative estimate of drug-likeness (QED) is 0.736. The van der Waals surface area contributed by atoms with E-state index in [-0.39, 0.29) is 0 Å². The van der Waals surface area contributed by atoms with Crippen molar-refractivity contribution in [3.63, 3.8) is 0 Å². The van der Waals surface area contributed by atoms with Crippen LogP contribution in [0.2, 0.25) is 0 Å². The first-order chi connectivity index (χ1) is 10.2. The van der Waals surface area contributed by atoms with Gasteiger partial charge in [0.2, 0.25) is 0 Å². The first-order valence-electron chi connectivity index (χ1n) is 7.43. The molecule has 112 valence electrons. The van der Waals surface area contributed by atoms with Crippen molar-refractivity contribution >= 4 is 0 Å². The van der Waals surface area contributed by atoms with E-state index in [4.69, 9.17) is 9.47 Å². The van der Waals surface area contributed by atoms with Gasteiger partial charge in [0.15, 0.2) is 0 Å². The molecule has 0 fully saturated rings. The molecule has 0 unspecified atom stereocenters. The average molecular weight is 285 g/mol. The molecular weight excluding hydrogens is 262 g/mol. The summed E-state index contributed by atoms with van der Waals surface area (Å²) in [5, 5.41) is 3.37. The highest BCUT2D eigenvalue weighted by molar-refractivity contribution is 5.36. The molecule has 2 rings (SSSR count). The minimum Gasteiger partial charge on any atom is -0.493 e. The Morgan fingerprint density at radius 1 is 0.905 bits per heavy atom. The molecule has 0 aromatic heterocycles. The van der Waals surface area contributed by atoms with Gasteiger partial charge in [-0.1, -0.05) is 38.1 Å². The summed E-state index contributed by atoms with van der Waals surface area (Å²) in [5.74, 6) is 2.46. The Morgan fingerprint density at radius 3 is 2.38 bits per heavy atom. The molecule has 0 spiro atoms. The summed E-state index contributed by atoms with van der Waals surface area (Å²) in [6.07, 6.45) is 0.988. The fourth-order valence-corrected chi connectivity index (χ4v) is 1.91. The molecule has 3 heteroatoms. The normalized spacial score (nSPS) is 10.6. The van der Waals surface area contributed by atoms with E-state index in [0.717, 1.165) is 30.2 Å². The summed E-state index contributed by atoms with van der Waals surface area (Å²) in [4.78, 5) is 0. The number of para-hydroxylation sites is 1. The molecule has 3 nitrogen and oxygen atoms in total. The van der Waals surface area contributed by atoms with Crippen molar-refractivity contribution in [1.29, 1.82) is 0 Å². The van der Waals surface area contributed by atoms with Gasteiger partial charge in [-0.2, -0.15) is 0 Å². The monoisotopic (exact) mass is 285 g/mol. The van der Waals surface area contributed by atoms with Gasteiger partial charge in [0, 0.05) is 12.1 Å². The third kappa shape index (κ3) is 5.88. The summed E-state index contributed by atoms with van der Waals surface area (Å²) in [5.41, 5.74) is 0. The van der Waals surface area contributed by atoms with E-state index in [9.17, 15) is 0 Å². The van der Waals surface area contributed by atoms with Crippen LogP contribution in [0.4, 0.5) is 0 Å². The van der Waals surface area contributed by atoms with E-state index >= 15 is 0 Å². The van der Waals surface area contributed by atoms with E-state index in [1.165, 1.54) is 0 Å². The molecule has 0 atom stereocenters. The highest BCUT2D eigenvalue weighted by Crippen LogP contribution is 2.24. The smallest absolute Gasteiger partial charge is 0.131 e. The van der Waals surface area contributed by atoms with Crippen LogP contribution in [0.25, 0.3) is 0 Å². The lowest BCUT2D eigenvalue weighted by atomic mass is 10.3. The maximum atomic E-state index is 5.79. The number of ether oxygens (including phenoxy) is 2. The van der Waals surface area contributed by atoms with Gasteiger partial charge >= 0.3 is 0 Å². The van der Waals surface area contributed by atoms with Gasteiger partial charge in [-0.25, -0.2) is 0 Å². The molecule has 2 aromatic carbocycles. The Labute approximate surface area is 126 Å². The molecule has 0 saturated carbocycles. The van der Waals surface area contributed by atoms with Gasteiger partial charge in [0.1, 0.15) is 17.2 Å². The van der Waals surface area contributed by atoms with Crippen molar-refractivity contribution in [2.45, 2.75) is 26.3 Å². The lowest BCUT2D eigenvalue weighted by Crippen LogP contribution is -2.24. The first-order valence-corrected chi connectivity index (χ1v) is 7.43. The van der Waals surface area contributed by atoms with Crippen LogP contribution >= 0.6 is 0 Å². The molecule has 0 aliphatic carbocycles. The van der Waals surface area contributed by atoms with Crippen LogP contribution in [0.5, 0.6) is 17.2 Å². The van der Waals surface area contributed by atoms with Crippen LogP contribution < -0.4 is 14.8 Å². The minimum absolute atomic E-state index is 0.521. The molecule has 0 aliphatic heterocycles. The molecule has 0 heterocycles. The first kappa shape index (κ1) is 15.4. The van der Waals surface area contributed by atoms with Crippen molar-refractivity contribution in [3.05, 3.63) is 54.6 Å². The molecule has 0 amide bonds. The van der Waals surface area contributed by atoms with E-state index < -0.39 is 0 Å². The molecular formula is C18H23NO2. The summed E-state index contributed by atoms with van der Waals surface area (Å²) < 4.78 is 11.5. The Bertz CT molecular complexity index is 526. The fraction of sp³-hybridized carbons (Fsp3) is 0.333. The second kappa shape index (κ2) is 8.32. The van der Waals surface area contributed by atoms with E-state index in [1.807, 2.05) is 54.6 Å². The van der Waals surface area contributed by atoms with Crippen LogP contribution in [0.1, 0.15) is 20.3 Å². The molecule has 0 saturated heterocycles. The van der Waals surface area contributed by atoms with E-state index in [1.54, 1.807) is 0 Å². The van der Waals surface area contributed by atoms with Gasteiger partial charge in [0.25, 0.3) is 0 Å². The molecule has 0 bridgehead atoms. The molecule has 0 aliphatic rings. The number of benzene rings is 2. The van der Waals surface area contributed by atoms with Crippen molar-refractivity contribution < 1.29 is 9.47 Å². The highest BCUT2D eigenvalue weighted by Gasteiger charge is 2.00. The SMILES string of the molecule is CC(C)NCCCOc1cccc(Oc2ccccc2)c1. The lowest BCUT2D eigenvalue weighted by Gasteiger charge is -2.10. The van der Waals surface area contributed by atoms with Crippen LogP contribution in [0.15, 0.2) is 54.6 Å². The second-order valence-electron chi connectivity index (χ2n) is 5.20. The van der Waals surface area contributed by atoms with Crippen LogP contribution in [0, 0.1) is 0 Å². The fourth-order valence-electron chi connectivity index (χ4n) is 1.91. The standard InChI is InChI=1S/C18H23NO2/c1-15(2)19-12-7-13-20-17-10-6-11-18(14-17)21-16-8-4-3-5-9-16/h3-6,8-11,14-15,19H,7,12-13H2,1-2H3. The van der Waals surface area contributed by atoms with E-state index in [0.29, 0.717) is 12.6 Å². The van der Waals surface area contributed by atoms with Gasteiger partial charge in [-0.05, 0) is 37.2 Å². The average Bonchev–Trinajstić information content (AvgIpc) is 2.48. The number of nitrogens with one attached hydrogen (secondary N) is 1. The highest BCUT2D eigenvalue weighted by atomic mass is 16.5. The van der Waals surface area contributed by atoms with Crippen molar-refractivity contribution in [2.75, 3.05) is 13.2 Å². The number of hydrogen-bond acceptors (Lipinski definition) is 3. The maximum Gasteiger partial charge on any atom is 0.131 e. The summed E-state index contributed by atoms with van der Waals surface area (Å²) in [6, 6.07) is 18.0. The zero-order valence-corrected chi connectivity index (χ0v) is 12.7. The second-order valence-corrected chi connectivity index (χ2v) is 5.20. The van der Waals surface area contributed by atoms with Crippen molar-refractivity contribution in [2.24, 2.45) is 0 Å². The molecule has 21 heavy (non-hydrogen) atoms. The Hall–Kier alpha value is -2.00. The van der Waals surface area contributed by atoms with Gasteiger partial charge < -0.3 is 14.8 Å². The van der Waals surface area contributed by atoms with Crippen molar-refractivity contribution in [3.8, 4) is 17.2 Å². The maximum absolute atomic E-state index is 5.79. The van der Waals surface area contributed by atoms with Gasteiger partial charge in [0.05, 0.1) is 6.61 Å². The van der Waals surface area contributed by atoms with Crippen LogP contribution in [-0.4, -0.2) is 19.2 Å². The third-order valence-corrected chi connectivity index (χ3v) is 2.93. The van der Waals surface area contributed by atoms with Gasteiger partial charge in [-0.15, -0.1) is 0 Å². The minimum atomic E-state index is 0.521.